The summed E-state index contributed by atoms with van der Waals surface area (Å²) in [5, 5.41) is 14.5. The van der Waals surface area contributed by atoms with Crippen LogP contribution in [0.4, 0.5) is 11.4 Å². The molecular weight excluding hydrogens is 358 g/mol. The number of nitrogens with one attached hydrogen (secondary N) is 1. The summed E-state index contributed by atoms with van der Waals surface area (Å²) in [6, 6.07) is 19.6. The van der Waals surface area contributed by atoms with Gasteiger partial charge in [0.2, 0.25) is 5.91 Å². The van der Waals surface area contributed by atoms with Crippen molar-refractivity contribution in [1.82, 2.24) is 0 Å². The van der Waals surface area contributed by atoms with Crippen LogP contribution in [0, 0.1) is 10.1 Å². The molecule has 0 aromatic heterocycles. The summed E-state index contributed by atoms with van der Waals surface area (Å²) in [5.74, 6) is -0.800. The molecule has 0 unspecified atom stereocenters. The van der Waals surface area contributed by atoms with Gasteiger partial charge >= 0.3 is 0 Å². The highest BCUT2D eigenvalue weighted by Crippen LogP contribution is 2.27. The molecule has 3 aromatic rings. The largest absolute Gasteiger partial charge is 0.375 e. The van der Waals surface area contributed by atoms with Crippen molar-refractivity contribution in [1.29, 1.82) is 0 Å². The van der Waals surface area contributed by atoms with Crippen LogP contribution < -0.4 is 11.1 Å². The van der Waals surface area contributed by atoms with Crippen molar-refractivity contribution in [2.24, 2.45) is 5.73 Å². The molecule has 0 aliphatic carbocycles. The van der Waals surface area contributed by atoms with Crippen molar-refractivity contribution < 1.29 is 14.5 Å². The molecule has 28 heavy (non-hydrogen) atoms. The van der Waals surface area contributed by atoms with Gasteiger partial charge in [0.15, 0.2) is 5.78 Å². The molecule has 0 aliphatic rings. The van der Waals surface area contributed by atoms with Crippen LogP contribution in [-0.2, 0) is 6.54 Å². The van der Waals surface area contributed by atoms with Crippen LogP contribution >= 0.6 is 0 Å². The molecule has 3 rings (SSSR count). The maximum absolute atomic E-state index is 12.5. The summed E-state index contributed by atoms with van der Waals surface area (Å²) >= 11 is 0. The van der Waals surface area contributed by atoms with Crippen LogP contribution in [0.2, 0.25) is 0 Å². The second kappa shape index (κ2) is 8.13. The normalized spacial score (nSPS) is 10.3. The van der Waals surface area contributed by atoms with Gasteiger partial charge in [0, 0.05) is 29.3 Å². The average Bonchev–Trinajstić information content (AvgIpc) is 2.72. The number of nitro groups is 1. The molecular formula is C21H17N3O4. The Labute approximate surface area is 161 Å². The molecule has 3 N–H and O–H groups in total. The van der Waals surface area contributed by atoms with Gasteiger partial charge in [0.1, 0.15) is 5.69 Å². The van der Waals surface area contributed by atoms with Crippen LogP contribution in [0.1, 0.15) is 31.8 Å². The Morgan fingerprint density at radius 3 is 2.14 bits per heavy atom. The summed E-state index contributed by atoms with van der Waals surface area (Å²) in [6.07, 6.45) is 0. The van der Waals surface area contributed by atoms with Crippen molar-refractivity contribution in [2.45, 2.75) is 6.54 Å². The lowest BCUT2D eigenvalue weighted by atomic mass is 10.0. The average molecular weight is 375 g/mol. The Bertz CT molecular complexity index is 1030. The van der Waals surface area contributed by atoms with Crippen LogP contribution in [0.15, 0.2) is 72.8 Å². The number of hydrogen-bond acceptors (Lipinski definition) is 5. The first kappa shape index (κ1) is 18.8. The fourth-order valence-electron chi connectivity index (χ4n) is 2.71. The number of carbonyl (C=O) groups is 2. The molecule has 140 valence electrons. The molecule has 7 nitrogen and oxygen atoms in total. The van der Waals surface area contributed by atoms with Gasteiger partial charge in [-0.25, -0.2) is 0 Å². The van der Waals surface area contributed by atoms with E-state index in [9.17, 15) is 19.7 Å². The van der Waals surface area contributed by atoms with E-state index in [-0.39, 0.29) is 17.0 Å². The number of amides is 1. The zero-order chi connectivity index (χ0) is 20.1. The lowest BCUT2D eigenvalue weighted by Crippen LogP contribution is -2.11. The fraction of sp³-hybridized carbons (Fsp3) is 0.0476. The minimum Gasteiger partial charge on any atom is -0.375 e. The van der Waals surface area contributed by atoms with Gasteiger partial charge in [0.25, 0.3) is 5.69 Å². The number of benzene rings is 3. The van der Waals surface area contributed by atoms with Gasteiger partial charge in [0.05, 0.1) is 4.92 Å². The molecule has 1 amide bonds. The third-order valence-corrected chi connectivity index (χ3v) is 4.21. The number of carbonyl (C=O) groups excluding carboxylic acids is 2. The highest BCUT2D eigenvalue weighted by molar-refractivity contribution is 6.09. The zero-order valence-corrected chi connectivity index (χ0v) is 14.8. The number of ketones is 1. The van der Waals surface area contributed by atoms with E-state index in [1.165, 1.54) is 12.1 Å². The number of primary amides is 1. The Morgan fingerprint density at radius 1 is 0.893 bits per heavy atom. The lowest BCUT2D eigenvalue weighted by Gasteiger charge is -2.09. The summed E-state index contributed by atoms with van der Waals surface area (Å²) in [5.41, 5.74) is 7.24. The molecule has 0 saturated carbocycles. The smallest absolute Gasteiger partial charge is 0.293 e. The molecule has 0 fully saturated rings. The highest BCUT2D eigenvalue weighted by Gasteiger charge is 2.18. The highest BCUT2D eigenvalue weighted by atomic mass is 16.6. The Balaban J connectivity index is 1.80. The van der Waals surface area contributed by atoms with Gasteiger partial charge in [-0.05, 0) is 29.8 Å². The van der Waals surface area contributed by atoms with E-state index in [1.807, 2.05) is 0 Å². The Hall–Kier alpha value is -4.00. The monoisotopic (exact) mass is 375 g/mol. The van der Waals surface area contributed by atoms with Crippen molar-refractivity contribution >= 4 is 23.1 Å². The van der Waals surface area contributed by atoms with Crippen LogP contribution in [-0.4, -0.2) is 16.6 Å². The van der Waals surface area contributed by atoms with Gasteiger partial charge < -0.3 is 11.1 Å². The minimum absolute atomic E-state index is 0.185. The second-order valence-corrected chi connectivity index (χ2v) is 6.10. The summed E-state index contributed by atoms with van der Waals surface area (Å²) in [6.45, 7) is 0.311. The number of nitro benzene ring substituents is 1. The third-order valence-electron chi connectivity index (χ3n) is 4.21. The quantitative estimate of drug-likeness (QED) is 0.372. The third kappa shape index (κ3) is 4.21. The van der Waals surface area contributed by atoms with E-state index in [0.717, 1.165) is 5.56 Å². The fourth-order valence-corrected chi connectivity index (χ4v) is 2.71. The van der Waals surface area contributed by atoms with Crippen molar-refractivity contribution in [3.8, 4) is 0 Å². The molecule has 3 aromatic carbocycles. The van der Waals surface area contributed by atoms with Crippen molar-refractivity contribution in [3.63, 3.8) is 0 Å². The predicted molar refractivity (Wildman–Crippen MR) is 105 cm³/mol. The topological polar surface area (TPSA) is 115 Å². The maximum Gasteiger partial charge on any atom is 0.293 e. The number of nitrogens with zero attached hydrogens (tertiary/aromatic N) is 1. The second-order valence-electron chi connectivity index (χ2n) is 6.10. The lowest BCUT2D eigenvalue weighted by molar-refractivity contribution is -0.384. The minimum atomic E-state index is -0.527. The maximum atomic E-state index is 12.5. The van der Waals surface area contributed by atoms with Crippen molar-refractivity contribution in [2.75, 3.05) is 5.32 Å². The SMILES string of the molecule is NC(=O)c1ccc(CNc2ccc(C(=O)c3ccccc3)cc2[N+](=O)[O-])cc1. The van der Waals surface area contributed by atoms with E-state index in [1.54, 1.807) is 60.7 Å². The standard InChI is InChI=1S/C21H17N3O4/c22-21(26)16-8-6-14(7-9-16)13-23-18-11-10-17(12-19(18)24(27)28)20(25)15-4-2-1-3-5-15/h1-12,23H,13H2,(H2,22,26). The van der Waals surface area contributed by atoms with Gasteiger partial charge in [-0.15, -0.1) is 0 Å². The van der Waals surface area contributed by atoms with E-state index in [2.05, 4.69) is 5.32 Å². The molecule has 0 aliphatic heterocycles. The first-order valence-corrected chi connectivity index (χ1v) is 8.46. The van der Waals surface area contributed by atoms with Crippen molar-refractivity contribution in [3.05, 3.63) is 105 Å². The van der Waals surface area contributed by atoms with E-state index in [0.29, 0.717) is 23.4 Å². The number of rotatable bonds is 7. The van der Waals surface area contributed by atoms with Crippen LogP contribution in [0.25, 0.3) is 0 Å². The molecule has 0 bridgehead atoms. The number of hydrogen-bond donors (Lipinski definition) is 2. The van der Waals surface area contributed by atoms with E-state index < -0.39 is 10.8 Å². The van der Waals surface area contributed by atoms with Gasteiger partial charge in [-0.1, -0.05) is 42.5 Å². The van der Waals surface area contributed by atoms with Gasteiger partial charge in [-0.3, -0.25) is 19.7 Å². The Kier molecular flexibility index (Phi) is 5.45. The predicted octanol–water partition coefficient (Wildman–Crippen LogP) is 3.54. The molecule has 0 saturated heterocycles. The molecule has 7 heteroatoms. The van der Waals surface area contributed by atoms with E-state index >= 15 is 0 Å². The summed E-state index contributed by atoms with van der Waals surface area (Å²) < 4.78 is 0. The number of nitrogens with two attached hydrogens (primary N) is 1. The first-order chi connectivity index (χ1) is 13.5. The molecule has 0 radical (unpaired) electrons. The summed E-state index contributed by atoms with van der Waals surface area (Å²) in [7, 11) is 0. The van der Waals surface area contributed by atoms with Crippen LogP contribution in [0.5, 0.6) is 0 Å². The molecule has 0 heterocycles. The summed E-state index contributed by atoms with van der Waals surface area (Å²) in [4.78, 5) is 34.6. The molecule has 0 spiro atoms. The zero-order valence-electron chi connectivity index (χ0n) is 14.8. The molecule has 0 atom stereocenters. The van der Waals surface area contributed by atoms with Crippen LogP contribution in [0.3, 0.4) is 0 Å². The number of anilines is 1. The van der Waals surface area contributed by atoms with E-state index in [4.69, 9.17) is 5.73 Å². The van der Waals surface area contributed by atoms with Gasteiger partial charge in [-0.2, -0.15) is 0 Å². The Morgan fingerprint density at radius 2 is 1.54 bits per heavy atom. The first-order valence-electron chi connectivity index (χ1n) is 8.46.